The molecule has 1 N–H and O–H groups in total. The highest BCUT2D eigenvalue weighted by atomic mass is 19.1. The average Bonchev–Trinajstić information content (AvgIpc) is 2.43. The van der Waals surface area contributed by atoms with Crippen molar-refractivity contribution in [1.29, 1.82) is 0 Å². The first-order valence-corrected chi connectivity index (χ1v) is 7.49. The molecule has 2 atom stereocenters. The number of hydrogen-bond donors (Lipinski definition) is 1. The minimum Gasteiger partial charge on any atom is -0.377 e. The maximum atomic E-state index is 13.3. The smallest absolute Gasteiger partial charge is 0.126 e. The van der Waals surface area contributed by atoms with E-state index >= 15 is 0 Å². The van der Waals surface area contributed by atoms with Gasteiger partial charge in [0.2, 0.25) is 0 Å². The van der Waals surface area contributed by atoms with Crippen LogP contribution in [0.2, 0.25) is 0 Å². The largest absolute Gasteiger partial charge is 0.377 e. The molecule has 0 radical (unpaired) electrons. The average molecular weight is 283 g/mol. The van der Waals surface area contributed by atoms with Gasteiger partial charge in [0, 0.05) is 18.7 Å². The van der Waals surface area contributed by atoms with Crippen molar-refractivity contribution in [2.24, 2.45) is 0 Å². The topological polar surface area (TPSA) is 21.3 Å². The van der Waals surface area contributed by atoms with Gasteiger partial charge in [0.25, 0.3) is 0 Å². The molecule has 0 aliphatic carbocycles. The monoisotopic (exact) mass is 283 g/mol. The van der Waals surface area contributed by atoms with Gasteiger partial charge in [0.15, 0.2) is 0 Å². The summed E-state index contributed by atoms with van der Waals surface area (Å²) in [4.78, 5) is 0. The zero-order valence-electron chi connectivity index (χ0n) is 12.0. The summed E-state index contributed by atoms with van der Waals surface area (Å²) in [7, 11) is 0. The SMILES string of the molecule is CCCNC(Cc1cc(F)cc(F)c1)C1CCCCO1. The number of benzene rings is 1. The fraction of sp³-hybridized carbons (Fsp3) is 0.625. The molecule has 1 saturated heterocycles. The number of hydrogen-bond acceptors (Lipinski definition) is 2. The van der Waals surface area contributed by atoms with Gasteiger partial charge >= 0.3 is 0 Å². The van der Waals surface area contributed by atoms with Crippen molar-refractivity contribution in [1.82, 2.24) is 5.32 Å². The van der Waals surface area contributed by atoms with Crippen molar-refractivity contribution >= 4 is 0 Å². The summed E-state index contributed by atoms with van der Waals surface area (Å²) in [6.45, 7) is 3.78. The van der Waals surface area contributed by atoms with E-state index < -0.39 is 11.6 Å². The van der Waals surface area contributed by atoms with Crippen molar-refractivity contribution < 1.29 is 13.5 Å². The number of rotatable bonds is 6. The molecule has 2 rings (SSSR count). The summed E-state index contributed by atoms with van der Waals surface area (Å²) < 4.78 is 32.4. The van der Waals surface area contributed by atoms with E-state index in [9.17, 15) is 8.78 Å². The van der Waals surface area contributed by atoms with E-state index in [1.165, 1.54) is 12.1 Å². The van der Waals surface area contributed by atoms with Crippen LogP contribution >= 0.6 is 0 Å². The van der Waals surface area contributed by atoms with Crippen LogP contribution in [0.4, 0.5) is 8.78 Å². The van der Waals surface area contributed by atoms with Gasteiger partial charge in [-0.25, -0.2) is 8.78 Å². The standard InChI is InChI=1S/C16H23F2NO/c1-2-6-19-15(16-5-3-4-7-20-16)10-12-8-13(17)11-14(18)9-12/h8-9,11,15-16,19H,2-7,10H2,1H3. The molecule has 2 unspecified atom stereocenters. The van der Waals surface area contributed by atoms with Crippen molar-refractivity contribution in [3.8, 4) is 0 Å². The molecule has 0 aromatic heterocycles. The lowest BCUT2D eigenvalue weighted by Crippen LogP contribution is -2.44. The van der Waals surface area contributed by atoms with Crippen LogP contribution in [-0.4, -0.2) is 25.3 Å². The quantitative estimate of drug-likeness (QED) is 0.863. The first kappa shape index (κ1) is 15.4. The number of nitrogens with one attached hydrogen (secondary N) is 1. The van der Waals surface area contributed by atoms with Crippen molar-refractivity contribution in [3.63, 3.8) is 0 Å². The molecule has 1 heterocycles. The minimum absolute atomic E-state index is 0.122. The van der Waals surface area contributed by atoms with E-state index in [-0.39, 0.29) is 12.1 Å². The lowest BCUT2D eigenvalue weighted by molar-refractivity contribution is -0.00740. The van der Waals surface area contributed by atoms with E-state index in [0.29, 0.717) is 12.0 Å². The summed E-state index contributed by atoms with van der Waals surface area (Å²) >= 11 is 0. The van der Waals surface area contributed by atoms with Crippen LogP contribution in [0.1, 0.15) is 38.2 Å². The normalized spacial score (nSPS) is 20.9. The second-order valence-electron chi connectivity index (χ2n) is 5.45. The Labute approximate surface area is 119 Å². The molecular weight excluding hydrogens is 260 g/mol. The van der Waals surface area contributed by atoms with E-state index in [1.807, 2.05) is 0 Å². The highest BCUT2D eigenvalue weighted by molar-refractivity contribution is 5.19. The van der Waals surface area contributed by atoms with Crippen LogP contribution in [0.5, 0.6) is 0 Å². The summed E-state index contributed by atoms with van der Waals surface area (Å²) in [6.07, 6.45) is 5.04. The van der Waals surface area contributed by atoms with Gasteiger partial charge in [0.05, 0.1) is 6.10 Å². The Morgan fingerprint density at radius 1 is 1.25 bits per heavy atom. The highest BCUT2D eigenvalue weighted by Crippen LogP contribution is 2.19. The second kappa shape index (κ2) is 7.70. The summed E-state index contributed by atoms with van der Waals surface area (Å²) in [5.74, 6) is -1.03. The molecular formula is C16H23F2NO. The number of halogens is 2. The van der Waals surface area contributed by atoms with Crippen LogP contribution in [0.3, 0.4) is 0 Å². The summed E-state index contributed by atoms with van der Waals surface area (Å²) in [5, 5.41) is 3.46. The lowest BCUT2D eigenvalue weighted by Gasteiger charge is -2.31. The zero-order chi connectivity index (χ0) is 14.4. The van der Waals surface area contributed by atoms with Gasteiger partial charge in [-0.05, 0) is 56.3 Å². The van der Waals surface area contributed by atoms with Crippen molar-refractivity contribution in [2.75, 3.05) is 13.2 Å². The molecule has 0 saturated carbocycles. The van der Waals surface area contributed by atoms with Crippen molar-refractivity contribution in [3.05, 3.63) is 35.4 Å². The Bertz CT molecular complexity index is 399. The predicted molar refractivity (Wildman–Crippen MR) is 75.7 cm³/mol. The zero-order valence-corrected chi connectivity index (χ0v) is 12.0. The number of ether oxygens (including phenoxy) is 1. The minimum atomic E-state index is -0.515. The Hall–Kier alpha value is -1.00. The fourth-order valence-corrected chi connectivity index (χ4v) is 2.73. The van der Waals surface area contributed by atoms with Crippen LogP contribution in [0, 0.1) is 11.6 Å². The molecule has 1 aromatic carbocycles. The van der Waals surface area contributed by atoms with E-state index in [2.05, 4.69) is 12.2 Å². The molecule has 1 aromatic rings. The molecule has 4 heteroatoms. The van der Waals surface area contributed by atoms with Gasteiger partial charge in [0.1, 0.15) is 11.6 Å². The van der Waals surface area contributed by atoms with Gasteiger partial charge in [-0.15, -0.1) is 0 Å². The third kappa shape index (κ3) is 4.53. The Balaban J connectivity index is 2.05. The summed E-state index contributed by atoms with van der Waals surface area (Å²) in [6, 6.07) is 3.85. The van der Waals surface area contributed by atoms with Gasteiger partial charge in [-0.2, -0.15) is 0 Å². The van der Waals surface area contributed by atoms with Gasteiger partial charge in [-0.1, -0.05) is 6.92 Å². The van der Waals surface area contributed by atoms with Crippen molar-refractivity contribution in [2.45, 2.75) is 51.2 Å². The second-order valence-corrected chi connectivity index (χ2v) is 5.45. The molecule has 0 spiro atoms. The predicted octanol–water partition coefficient (Wildman–Crippen LogP) is 3.44. The molecule has 0 bridgehead atoms. The van der Waals surface area contributed by atoms with E-state index in [1.54, 1.807) is 0 Å². The first-order valence-electron chi connectivity index (χ1n) is 7.49. The molecule has 2 nitrogen and oxygen atoms in total. The molecule has 1 aliphatic rings. The van der Waals surface area contributed by atoms with Gasteiger partial charge in [-0.3, -0.25) is 0 Å². The molecule has 112 valence electrons. The Morgan fingerprint density at radius 2 is 2.00 bits per heavy atom. The molecule has 1 fully saturated rings. The Kier molecular flexibility index (Phi) is 5.92. The van der Waals surface area contributed by atoms with Crippen LogP contribution in [-0.2, 0) is 11.2 Å². The highest BCUT2D eigenvalue weighted by Gasteiger charge is 2.24. The van der Waals surface area contributed by atoms with Crippen LogP contribution < -0.4 is 5.32 Å². The first-order chi connectivity index (χ1) is 9.69. The third-order valence-corrected chi connectivity index (χ3v) is 3.70. The Morgan fingerprint density at radius 3 is 2.60 bits per heavy atom. The van der Waals surface area contributed by atoms with Crippen LogP contribution in [0.15, 0.2) is 18.2 Å². The summed E-state index contributed by atoms with van der Waals surface area (Å²) in [5.41, 5.74) is 0.685. The lowest BCUT2D eigenvalue weighted by atomic mass is 9.95. The van der Waals surface area contributed by atoms with Gasteiger partial charge < -0.3 is 10.1 Å². The fourth-order valence-electron chi connectivity index (χ4n) is 2.73. The molecule has 1 aliphatic heterocycles. The van der Waals surface area contributed by atoms with E-state index in [0.717, 1.165) is 44.9 Å². The molecule has 20 heavy (non-hydrogen) atoms. The van der Waals surface area contributed by atoms with E-state index in [4.69, 9.17) is 4.74 Å². The molecule has 0 amide bonds. The third-order valence-electron chi connectivity index (χ3n) is 3.70. The van der Waals surface area contributed by atoms with Crippen LogP contribution in [0.25, 0.3) is 0 Å². The maximum absolute atomic E-state index is 13.3. The maximum Gasteiger partial charge on any atom is 0.126 e.